The summed E-state index contributed by atoms with van der Waals surface area (Å²) in [4.78, 5) is 15.1. The Kier molecular flexibility index (Phi) is 4.08. The first-order valence-corrected chi connectivity index (χ1v) is 5.91. The molecule has 0 unspecified atom stereocenters. The standard InChI is InChI=1S/C14H16N2O/c17-14-15-10-6-12-16(14)11-5-4-9-13-7-2-1-3-8-13/h1-3,6-8,10,12H,4-5,9,11H2. The van der Waals surface area contributed by atoms with Crippen molar-refractivity contribution >= 4 is 0 Å². The molecule has 0 aliphatic heterocycles. The Bertz CT molecular complexity index is 505. The second-order valence-corrected chi connectivity index (χ2v) is 4.04. The molecule has 2 aromatic rings. The third-order valence-electron chi connectivity index (χ3n) is 2.74. The zero-order chi connectivity index (χ0) is 11.9. The monoisotopic (exact) mass is 228 g/mol. The minimum atomic E-state index is -0.160. The minimum Gasteiger partial charge on any atom is -0.299 e. The molecule has 0 aliphatic rings. The molecule has 88 valence electrons. The van der Waals surface area contributed by atoms with E-state index in [1.807, 2.05) is 6.07 Å². The molecular weight excluding hydrogens is 212 g/mol. The highest BCUT2D eigenvalue weighted by molar-refractivity contribution is 5.14. The second-order valence-electron chi connectivity index (χ2n) is 4.04. The van der Waals surface area contributed by atoms with Gasteiger partial charge in [0.15, 0.2) is 0 Å². The van der Waals surface area contributed by atoms with Gasteiger partial charge < -0.3 is 0 Å². The maximum atomic E-state index is 11.3. The lowest BCUT2D eigenvalue weighted by Gasteiger charge is -2.04. The summed E-state index contributed by atoms with van der Waals surface area (Å²) >= 11 is 0. The van der Waals surface area contributed by atoms with Gasteiger partial charge in [-0.15, -0.1) is 0 Å². The van der Waals surface area contributed by atoms with Gasteiger partial charge in [0.2, 0.25) is 0 Å². The van der Waals surface area contributed by atoms with Crippen LogP contribution in [0.15, 0.2) is 53.6 Å². The van der Waals surface area contributed by atoms with Gasteiger partial charge in [0, 0.05) is 18.9 Å². The largest absolute Gasteiger partial charge is 0.347 e. The number of rotatable bonds is 5. The fourth-order valence-electron chi connectivity index (χ4n) is 1.81. The van der Waals surface area contributed by atoms with Gasteiger partial charge in [0.05, 0.1) is 0 Å². The van der Waals surface area contributed by atoms with E-state index in [2.05, 4.69) is 29.2 Å². The van der Waals surface area contributed by atoms with Crippen LogP contribution in [-0.2, 0) is 13.0 Å². The predicted octanol–water partition coefficient (Wildman–Crippen LogP) is 2.27. The van der Waals surface area contributed by atoms with Crippen LogP contribution < -0.4 is 5.69 Å². The molecule has 0 N–H and O–H groups in total. The molecule has 0 radical (unpaired) electrons. The number of benzene rings is 1. The van der Waals surface area contributed by atoms with Crippen LogP contribution in [0, 0.1) is 0 Å². The molecule has 0 saturated heterocycles. The van der Waals surface area contributed by atoms with Crippen molar-refractivity contribution in [3.8, 4) is 0 Å². The zero-order valence-electron chi connectivity index (χ0n) is 9.75. The third-order valence-corrected chi connectivity index (χ3v) is 2.74. The van der Waals surface area contributed by atoms with Gasteiger partial charge in [0.1, 0.15) is 0 Å². The molecular formula is C14H16N2O. The van der Waals surface area contributed by atoms with Gasteiger partial charge >= 0.3 is 5.69 Å². The summed E-state index contributed by atoms with van der Waals surface area (Å²) in [5.41, 5.74) is 1.19. The molecule has 17 heavy (non-hydrogen) atoms. The number of nitrogens with zero attached hydrogens (tertiary/aromatic N) is 2. The summed E-state index contributed by atoms with van der Waals surface area (Å²) in [6.45, 7) is 0.750. The van der Waals surface area contributed by atoms with Gasteiger partial charge in [-0.2, -0.15) is 0 Å². The predicted molar refractivity (Wildman–Crippen MR) is 67.9 cm³/mol. The quantitative estimate of drug-likeness (QED) is 0.736. The topological polar surface area (TPSA) is 34.9 Å². The molecule has 1 heterocycles. The first kappa shape index (κ1) is 11.6. The van der Waals surface area contributed by atoms with Crippen LogP contribution in [-0.4, -0.2) is 9.55 Å². The molecule has 0 aliphatic carbocycles. The van der Waals surface area contributed by atoms with Crippen molar-refractivity contribution in [3.05, 3.63) is 64.8 Å². The molecule has 0 spiro atoms. The third kappa shape index (κ3) is 3.55. The van der Waals surface area contributed by atoms with E-state index in [9.17, 15) is 4.79 Å². The van der Waals surface area contributed by atoms with E-state index in [0.29, 0.717) is 0 Å². The molecule has 3 heteroatoms. The summed E-state index contributed by atoms with van der Waals surface area (Å²) in [7, 11) is 0. The van der Waals surface area contributed by atoms with Crippen LogP contribution in [0.2, 0.25) is 0 Å². The second kappa shape index (κ2) is 5.99. The van der Waals surface area contributed by atoms with Gasteiger partial charge in [-0.1, -0.05) is 30.3 Å². The average Bonchev–Trinajstić information content (AvgIpc) is 2.38. The molecule has 0 bridgehead atoms. The van der Waals surface area contributed by atoms with Crippen LogP contribution in [0.25, 0.3) is 0 Å². The molecule has 2 rings (SSSR count). The number of hydrogen-bond acceptors (Lipinski definition) is 2. The Hall–Kier alpha value is -1.90. The Morgan fingerprint density at radius 3 is 2.65 bits per heavy atom. The lowest BCUT2D eigenvalue weighted by atomic mass is 10.1. The SMILES string of the molecule is O=c1ncccn1CCCCc1ccccc1. The molecule has 0 atom stereocenters. The summed E-state index contributed by atoms with van der Waals surface area (Å²) in [6, 6.07) is 12.2. The van der Waals surface area contributed by atoms with Gasteiger partial charge in [-0.25, -0.2) is 9.78 Å². The molecule has 0 fully saturated rings. The fraction of sp³-hybridized carbons (Fsp3) is 0.286. The lowest BCUT2D eigenvalue weighted by Crippen LogP contribution is -2.21. The Morgan fingerprint density at radius 2 is 1.88 bits per heavy atom. The van der Waals surface area contributed by atoms with Gasteiger partial charge in [-0.3, -0.25) is 4.57 Å². The summed E-state index contributed by atoms with van der Waals surface area (Å²) in [6.07, 6.45) is 6.47. The van der Waals surface area contributed by atoms with Gasteiger partial charge in [0.25, 0.3) is 0 Å². The van der Waals surface area contributed by atoms with Crippen molar-refractivity contribution in [2.24, 2.45) is 0 Å². The van der Waals surface area contributed by atoms with Crippen LogP contribution in [0.4, 0.5) is 0 Å². The first-order valence-electron chi connectivity index (χ1n) is 5.91. The molecule has 0 amide bonds. The lowest BCUT2D eigenvalue weighted by molar-refractivity contribution is 0.582. The fourth-order valence-corrected chi connectivity index (χ4v) is 1.81. The Labute approximate surface area is 101 Å². The highest BCUT2D eigenvalue weighted by Crippen LogP contribution is 2.04. The minimum absolute atomic E-state index is 0.160. The highest BCUT2D eigenvalue weighted by atomic mass is 16.1. The van der Waals surface area contributed by atoms with Crippen molar-refractivity contribution in [2.45, 2.75) is 25.8 Å². The summed E-state index contributed by atoms with van der Waals surface area (Å²) in [5, 5.41) is 0. The number of hydrogen-bond donors (Lipinski definition) is 0. The normalized spacial score (nSPS) is 10.4. The van der Waals surface area contributed by atoms with Gasteiger partial charge in [-0.05, 0) is 30.9 Å². The maximum Gasteiger partial charge on any atom is 0.347 e. The van der Waals surface area contributed by atoms with Crippen LogP contribution in [0.3, 0.4) is 0 Å². The van der Waals surface area contributed by atoms with E-state index in [0.717, 1.165) is 25.8 Å². The number of unbranched alkanes of at least 4 members (excludes halogenated alkanes) is 1. The molecule has 0 saturated carbocycles. The molecule has 1 aromatic heterocycles. The molecule has 3 nitrogen and oxygen atoms in total. The molecule has 1 aromatic carbocycles. The van der Waals surface area contributed by atoms with Crippen LogP contribution >= 0.6 is 0 Å². The van der Waals surface area contributed by atoms with E-state index in [1.54, 1.807) is 16.8 Å². The smallest absolute Gasteiger partial charge is 0.299 e. The van der Waals surface area contributed by atoms with Crippen molar-refractivity contribution in [2.75, 3.05) is 0 Å². The average molecular weight is 228 g/mol. The Balaban J connectivity index is 1.78. The van der Waals surface area contributed by atoms with Crippen molar-refractivity contribution in [1.29, 1.82) is 0 Å². The highest BCUT2D eigenvalue weighted by Gasteiger charge is 1.96. The number of aromatic nitrogens is 2. The van der Waals surface area contributed by atoms with Crippen LogP contribution in [0.5, 0.6) is 0 Å². The van der Waals surface area contributed by atoms with Crippen LogP contribution in [0.1, 0.15) is 18.4 Å². The van der Waals surface area contributed by atoms with E-state index in [4.69, 9.17) is 0 Å². The maximum absolute atomic E-state index is 11.3. The van der Waals surface area contributed by atoms with Crippen molar-refractivity contribution in [1.82, 2.24) is 9.55 Å². The van der Waals surface area contributed by atoms with E-state index in [1.165, 1.54) is 11.8 Å². The van der Waals surface area contributed by atoms with E-state index < -0.39 is 0 Å². The van der Waals surface area contributed by atoms with E-state index in [-0.39, 0.29) is 5.69 Å². The summed E-state index contributed by atoms with van der Waals surface area (Å²) in [5.74, 6) is 0. The summed E-state index contributed by atoms with van der Waals surface area (Å²) < 4.78 is 1.66. The first-order chi connectivity index (χ1) is 8.36. The van der Waals surface area contributed by atoms with E-state index >= 15 is 0 Å². The van der Waals surface area contributed by atoms with Crippen molar-refractivity contribution in [3.63, 3.8) is 0 Å². The van der Waals surface area contributed by atoms with Crippen molar-refractivity contribution < 1.29 is 0 Å². The number of aryl methyl sites for hydroxylation is 2. The Morgan fingerprint density at radius 1 is 1.06 bits per heavy atom. The zero-order valence-corrected chi connectivity index (χ0v) is 9.75.